The van der Waals surface area contributed by atoms with Gasteiger partial charge in [0.05, 0.1) is 0 Å². The molecule has 2 rings (SSSR count). The number of carbonyl (C=O) groups is 2. The summed E-state index contributed by atoms with van der Waals surface area (Å²) in [5.74, 6) is -1.84. The molecule has 0 saturated carbocycles. The number of fused-ring (bicyclic) bond motifs is 1. The lowest BCUT2D eigenvalue weighted by Gasteiger charge is -2.12. The van der Waals surface area contributed by atoms with Crippen molar-refractivity contribution in [3.05, 3.63) is 33.7 Å². The second-order valence-electron chi connectivity index (χ2n) is 4.19. The number of hydrogen-bond acceptors (Lipinski definition) is 5. The Labute approximate surface area is 117 Å². The Morgan fingerprint density at radius 2 is 2.30 bits per heavy atom. The molecule has 0 unspecified atom stereocenters. The fourth-order valence-electron chi connectivity index (χ4n) is 1.76. The van der Waals surface area contributed by atoms with Crippen molar-refractivity contribution < 1.29 is 14.7 Å². The summed E-state index contributed by atoms with van der Waals surface area (Å²) in [7, 11) is 0. The summed E-state index contributed by atoms with van der Waals surface area (Å²) in [5.41, 5.74) is -0.669. The largest absolute Gasteiger partial charge is 0.480 e. The molecule has 106 valence electrons. The first-order valence-corrected chi connectivity index (χ1v) is 6.91. The average molecular weight is 295 g/mol. The van der Waals surface area contributed by atoms with E-state index in [4.69, 9.17) is 5.11 Å². The van der Waals surface area contributed by atoms with Crippen molar-refractivity contribution >= 4 is 28.2 Å². The minimum atomic E-state index is -1.12. The summed E-state index contributed by atoms with van der Waals surface area (Å²) in [6.07, 6.45) is 3.61. The zero-order valence-corrected chi connectivity index (χ0v) is 11.5. The van der Waals surface area contributed by atoms with Crippen molar-refractivity contribution in [1.82, 2.24) is 14.7 Å². The summed E-state index contributed by atoms with van der Waals surface area (Å²) in [5, 5.41) is 13.0. The van der Waals surface area contributed by atoms with Gasteiger partial charge in [0, 0.05) is 17.8 Å². The van der Waals surface area contributed by atoms with Gasteiger partial charge in [-0.25, -0.2) is 9.78 Å². The van der Waals surface area contributed by atoms with Crippen LogP contribution >= 0.6 is 11.3 Å². The lowest BCUT2D eigenvalue weighted by molar-refractivity contribution is -0.139. The summed E-state index contributed by atoms with van der Waals surface area (Å²) < 4.78 is 1.26. The summed E-state index contributed by atoms with van der Waals surface area (Å²) in [4.78, 5) is 39.5. The van der Waals surface area contributed by atoms with Crippen LogP contribution in [0, 0.1) is 0 Å². The van der Waals surface area contributed by atoms with Crippen LogP contribution in [0.3, 0.4) is 0 Å². The molecule has 2 aromatic heterocycles. The van der Waals surface area contributed by atoms with Crippen LogP contribution in [0.4, 0.5) is 0 Å². The highest BCUT2D eigenvalue weighted by Gasteiger charge is 2.22. The van der Waals surface area contributed by atoms with Crippen molar-refractivity contribution in [3.8, 4) is 0 Å². The van der Waals surface area contributed by atoms with Crippen LogP contribution in [0.2, 0.25) is 0 Å². The highest BCUT2D eigenvalue weighted by molar-refractivity contribution is 7.15. The van der Waals surface area contributed by atoms with E-state index < -0.39 is 23.5 Å². The maximum absolute atomic E-state index is 12.1. The van der Waals surface area contributed by atoms with E-state index in [-0.39, 0.29) is 5.56 Å². The topological polar surface area (TPSA) is 101 Å². The zero-order valence-electron chi connectivity index (χ0n) is 10.7. The molecule has 2 aromatic rings. The van der Waals surface area contributed by atoms with Crippen molar-refractivity contribution in [2.45, 2.75) is 25.8 Å². The highest BCUT2D eigenvalue weighted by Crippen LogP contribution is 2.06. The molecule has 7 nitrogen and oxygen atoms in total. The molecule has 2 heterocycles. The quantitative estimate of drug-likeness (QED) is 0.847. The van der Waals surface area contributed by atoms with Crippen LogP contribution in [-0.2, 0) is 4.79 Å². The first kappa shape index (κ1) is 14.2. The Kier molecular flexibility index (Phi) is 4.14. The Bertz CT molecular complexity index is 706. The lowest BCUT2D eigenvalue weighted by Crippen LogP contribution is -2.42. The number of carboxylic acids is 1. The number of aliphatic carboxylic acids is 1. The average Bonchev–Trinajstić information content (AvgIpc) is 2.87. The number of carboxylic acid groups (broad SMARTS) is 1. The second kappa shape index (κ2) is 5.83. The third-order valence-corrected chi connectivity index (χ3v) is 3.54. The van der Waals surface area contributed by atoms with Gasteiger partial charge in [-0.3, -0.25) is 14.0 Å². The van der Waals surface area contributed by atoms with Crippen molar-refractivity contribution in [2.75, 3.05) is 0 Å². The van der Waals surface area contributed by atoms with Gasteiger partial charge < -0.3 is 10.4 Å². The summed E-state index contributed by atoms with van der Waals surface area (Å²) in [6, 6.07) is -1.00. The number of aromatic nitrogens is 2. The van der Waals surface area contributed by atoms with Crippen LogP contribution in [-0.4, -0.2) is 32.4 Å². The molecule has 1 atom stereocenters. The first-order valence-electron chi connectivity index (χ1n) is 6.03. The van der Waals surface area contributed by atoms with Gasteiger partial charge in [0.1, 0.15) is 11.6 Å². The van der Waals surface area contributed by atoms with E-state index >= 15 is 0 Å². The van der Waals surface area contributed by atoms with Gasteiger partial charge in [-0.05, 0) is 6.42 Å². The van der Waals surface area contributed by atoms with E-state index in [1.54, 1.807) is 5.38 Å². The SMILES string of the molecule is CCC[C@@H](NC(=O)c1cnc2sccn2c1=O)C(=O)O. The Morgan fingerprint density at radius 1 is 1.55 bits per heavy atom. The van der Waals surface area contributed by atoms with Crippen LogP contribution in [0.15, 0.2) is 22.6 Å². The van der Waals surface area contributed by atoms with E-state index in [0.717, 1.165) is 0 Å². The van der Waals surface area contributed by atoms with Crippen LogP contribution in [0.25, 0.3) is 4.96 Å². The summed E-state index contributed by atoms with van der Waals surface area (Å²) in [6.45, 7) is 1.82. The summed E-state index contributed by atoms with van der Waals surface area (Å²) >= 11 is 1.27. The highest BCUT2D eigenvalue weighted by atomic mass is 32.1. The molecule has 0 aliphatic rings. The number of nitrogens with zero attached hydrogens (tertiary/aromatic N) is 2. The molecule has 8 heteroatoms. The molecule has 0 aliphatic carbocycles. The maximum atomic E-state index is 12.1. The van der Waals surface area contributed by atoms with Gasteiger partial charge in [-0.2, -0.15) is 0 Å². The number of nitrogens with one attached hydrogen (secondary N) is 1. The van der Waals surface area contributed by atoms with Crippen LogP contribution in [0.1, 0.15) is 30.1 Å². The molecular formula is C12H13N3O4S. The molecule has 0 saturated heterocycles. The smallest absolute Gasteiger partial charge is 0.326 e. The number of carbonyl (C=O) groups excluding carboxylic acids is 1. The number of thiazole rings is 1. The van der Waals surface area contributed by atoms with E-state index in [9.17, 15) is 14.4 Å². The molecular weight excluding hydrogens is 282 g/mol. The molecule has 0 radical (unpaired) electrons. The molecule has 2 N–H and O–H groups in total. The van der Waals surface area contributed by atoms with Gasteiger partial charge >= 0.3 is 5.97 Å². The molecule has 1 amide bonds. The van der Waals surface area contributed by atoms with Gasteiger partial charge in [0.15, 0.2) is 4.96 Å². The normalized spacial score (nSPS) is 12.2. The molecule has 20 heavy (non-hydrogen) atoms. The van der Waals surface area contributed by atoms with Gasteiger partial charge in [0.2, 0.25) is 0 Å². The molecule has 0 fully saturated rings. The predicted octanol–water partition coefficient (Wildman–Crippen LogP) is 0.739. The van der Waals surface area contributed by atoms with E-state index in [1.165, 1.54) is 28.1 Å². The number of amides is 1. The maximum Gasteiger partial charge on any atom is 0.326 e. The lowest BCUT2D eigenvalue weighted by atomic mass is 10.1. The van der Waals surface area contributed by atoms with Gasteiger partial charge in [0.25, 0.3) is 11.5 Å². The fourth-order valence-corrected chi connectivity index (χ4v) is 2.44. The van der Waals surface area contributed by atoms with E-state index in [2.05, 4.69) is 10.3 Å². The number of hydrogen-bond donors (Lipinski definition) is 2. The number of rotatable bonds is 5. The minimum Gasteiger partial charge on any atom is -0.480 e. The third-order valence-electron chi connectivity index (χ3n) is 2.77. The fraction of sp³-hybridized carbons (Fsp3) is 0.333. The van der Waals surface area contributed by atoms with Crippen LogP contribution in [0.5, 0.6) is 0 Å². The van der Waals surface area contributed by atoms with Crippen molar-refractivity contribution in [1.29, 1.82) is 0 Å². The Morgan fingerprint density at radius 3 is 2.95 bits per heavy atom. The van der Waals surface area contributed by atoms with E-state index in [0.29, 0.717) is 17.8 Å². The van der Waals surface area contributed by atoms with Crippen molar-refractivity contribution in [3.63, 3.8) is 0 Å². The Hall–Kier alpha value is -2.22. The standard InChI is InChI=1S/C12H13N3O4S/c1-2-3-8(11(18)19)14-9(16)7-6-13-12-15(10(7)17)4-5-20-12/h4-6,8H,2-3H2,1H3,(H,14,16)(H,18,19)/t8-/m1/s1. The first-order chi connectivity index (χ1) is 9.54. The van der Waals surface area contributed by atoms with E-state index in [1.807, 2.05) is 6.92 Å². The molecule has 0 aliphatic heterocycles. The third kappa shape index (κ3) is 2.69. The van der Waals surface area contributed by atoms with Gasteiger partial charge in [-0.15, -0.1) is 11.3 Å². The van der Waals surface area contributed by atoms with Crippen LogP contribution < -0.4 is 10.9 Å². The Balaban J connectivity index is 2.29. The molecule has 0 bridgehead atoms. The minimum absolute atomic E-state index is 0.164. The predicted molar refractivity (Wildman–Crippen MR) is 73.1 cm³/mol. The van der Waals surface area contributed by atoms with Crippen molar-refractivity contribution in [2.24, 2.45) is 0 Å². The second-order valence-corrected chi connectivity index (χ2v) is 5.06. The van der Waals surface area contributed by atoms with Gasteiger partial charge in [-0.1, -0.05) is 13.3 Å². The molecule has 0 aromatic carbocycles. The monoisotopic (exact) mass is 295 g/mol. The molecule has 0 spiro atoms. The zero-order chi connectivity index (χ0) is 14.7.